The second-order valence-corrected chi connectivity index (χ2v) is 7.26. The summed E-state index contributed by atoms with van der Waals surface area (Å²) in [5, 5.41) is 8.07. The van der Waals surface area contributed by atoms with Crippen LogP contribution in [0.25, 0.3) is 10.8 Å². The molecule has 0 spiro atoms. The maximum atomic E-state index is 12.1. The number of carbonyl (C=O) groups is 2. The summed E-state index contributed by atoms with van der Waals surface area (Å²) >= 11 is 0. The van der Waals surface area contributed by atoms with Gasteiger partial charge in [0, 0.05) is 18.2 Å². The fourth-order valence-electron chi connectivity index (χ4n) is 3.75. The molecular formula is C22H28N2O3. The molecule has 0 saturated heterocycles. The number of nitrogens with one attached hydrogen (secondary N) is 2. The van der Waals surface area contributed by atoms with Crippen molar-refractivity contribution < 1.29 is 14.3 Å². The fourth-order valence-corrected chi connectivity index (χ4v) is 3.75. The third kappa shape index (κ3) is 5.00. The van der Waals surface area contributed by atoms with Crippen molar-refractivity contribution in [2.75, 3.05) is 13.7 Å². The molecule has 0 atom stereocenters. The van der Waals surface area contributed by atoms with Crippen LogP contribution in [0.5, 0.6) is 5.75 Å². The Bertz CT molecular complexity index is 826. The van der Waals surface area contributed by atoms with Gasteiger partial charge in [0.05, 0.1) is 7.11 Å². The average Bonchev–Trinajstić information content (AvgIpc) is 2.68. The number of amides is 2. The zero-order chi connectivity index (χ0) is 19.2. The number of urea groups is 1. The Labute approximate surface area is 160 Å². The van der Waals surface area contributed by atoms with Crippen LogP contribution < -0.4 is 15.4 Å². The monoisotopic (exact) mass is 368 g/mol. The van der Waals surface area contributed by atoms with Crippen LogP contribution in [-0.4, -0.2) is 31.5 Å². The van der Waals surface area contributed by atoms with Crippen LogP contribution >= 0.6 is 0 Å². The molecule has 0 radical (unpaired) electrons. The van der Waals surface area contributed by atoms with Gasteiger partial charge in [-0.1, -0.05) is 25.3 Å². The minimum Gasteiger partial charge on any atom is -0.497 e. The summed E-state index contributed by atoms with van der Waals surface area (Å²) in [4.78, 5) is 24.0. The molecule has 0 aliphatic heterocycles. The molecule has 5 nitrogen and oxygen atoms in total. The largest absolute Gasteiger partial charge is 0.497 e. The number of ether oxygens (including phenoxy) is 1. The standard InChI is InChI=1S/C22H28N2O3/c1-15(25)18-12-16-8-9-20(27-2)14-21(16)17(13-18)10-11-23-22(26)24-19-6-4-3-5-7-19/h8-9,12-14,19H,3-7,10-11H2,1-2H3,(H2,23,24,26). The SMILES string of the molecule is COc1ccc2cc(C(C)=O)cc(CCNC(=O)NC3CCCCC3)c2c1. The number of carbonyl (C=O) groups excluding carboxylic acids is 2. The molecule has 0 unspecified atom stereocenters. The van der Waals surface area contributed by atoms with Crippen molar-refractivity contribution in [3.63, 3.8) is 0 Å². The molecule has 1 aliphatic carbocycles. The van der Waals surface area contributed by atoms with Gasteiger partial charge < -0.3 is 15.4 Å². The predicted molar refractivity (Wildman–Crippen MR) is 108 cm³/mol. The van der Waals surface area contributed by atoms with Crippen LogP contribution in [-0.2, 0) is 6.42 Å². The van der Waals surface area contributed by atoms with Gasteiger partial charge in [0.1, 0.15) is 5.75 Å². The smallest absolute Gasteiger partial charge is 0.315 e. The predicted octanol–water partition coefficient (Wildman–Crippen LogP) is 4.23. The summed E-state index contributed by atoms with van der Waals surface area (Å²) in [5.41, 5.74) is 1.73. The van der Waals surface area contributed by atoms with Crippen molar-refractivity contribution in [2.45, 2.75) is 51.5 Å². The van der Waals surface area contributed by atoms with Gasteiger partial charge in [0.25, 0.3) is 0 Å². The highest BCUT2D eigenvalue weighted by Crippen LogP contribution is 2.26. The summed E-state index contributed by atoms with van der Waals surface area (Å²) in [6.07, 6.45) is 6.44. The Balaban J connectivity index is 1.69. The topological polar surface area (TPSA) is 67.4 Å². The number of hydrogen-bond acceptors (Lipinski definition) is 3. The number of methoxy groups -OCH3 is 1. The first-order valence-corrected chi connectivity index (χ1v) is 9.73. The van der Waals surface area contributed by atoms with E-state index in [1.54, 1.807) is 14.0 Å². The molecule has 27 heavy (non-hydrogen) atoms. The molecule has 0 bridgehead atoms. The lowest BCUT2D eigenvalue weighted by Gasteiger charge is -2.22. The van der Waals surface area contributed by atoms with E-state index in [1.165, 1.54) is 19.3 Å². The van der Waals surface area contributed by atoms with Crippen LogP contribution in [0.2, 0.25) is 0 Å². The van der Waals surface area contributed by atoms with Gasteiger partial charge in [-0.05, 0) is 66.8 Å². The van der Waals surface area contributed by atoms with Crippen molar-refractivity contribution in [3.8, 4) is 5.75 Å². The van der Waals surface area contributed by atoms with E-state index in [0.29, 0.717) is 24.6 Å². The van der Waals surface area contributed by atoms with Crippen LogP contribution in [0.15, 0.2) is 30.3 Å². The van der Waals surface area contributed by atoms with Crippen LogP contribution in [0, 0.1) is 0 Å². The summed E-state index contributed by atoms with van der Waals surface area (Å²) in [6.45, 7) is 2.09. The third-order valence-corrected chi connectivity index (χ3v) is 5.27. The van der Waals surface area contributed by atoms with Gasteiger partial charge in [-0.3, -0.25) is 4.79 Å². The van der Waals surface area contributed by atoms with Crippen molar-refractivity contribution in [3.05, 3.63) is 41.5 Å². The van der Waals surface area contributed by atoms with E-state index in [9.17, 15) is 9.59 Å². The first kappa shape index (κ1) is 19.2. The quantitative estimate of drug-likeness (QED) is 0.750. The van der Waals surface area contributed by atoms with Crippen LogP contribution in [0.1, 0.15) is 54.9 Å². The van der Waals surface area contributed by atoms with Crippen molar-refractivity contribution in [1.82, 2.24) is 10.6 Å². The molecule has 1 saturated carbocycles. The second-order valence-electron chi connectivity index (χ2n) is 7.26. The molecule has 5 heteroatoms. The summed E-state index contributed by atoms with van der Waals surface area (Å²) in [5.74, 6) is 0.819. The van der Waals surface area contributed by atoms with E-state index >= 15 is 0 Å². The number of rotatable bonds is 6. The number of fused-ring (bicyclic) bond motifs is 1. The molecule has 2 aromatic carbocycles. The van der Waals surface area contributed by atoms with E-state index < -0.39 is 0 Å². The van der Waals surface area contributed by atoms with Crippen LogP contribution in [0.3, 0.4) is 0 Å². The van der Waals surface area contributed by atoms with Gasteiger partial charge in [-0.25, -0.2) is 4.79 Å². The number of benzene rings is 2. The molecule has 2 aromatic rings. The van der Waals surface area contributed by atoms with Gasteiger partial charge in [-0.15, -0.1) is 0 Å². The van der Waals surface area contributed by atoms with Gasteiger partial charge in [0.15, 0.2) is 5.78 Å². The molecule has 1 fully saturated rings. The van der Waals surface area contributed by atoms with Crippen molar-refractivity contribution >= 4 is 22.6 Å². The minimum absolute atomic E-state index is 0.0389. The zero-order valence-corrected chi connectivity index (χ0v) is 16.1. The van der Waals surface area contributed by atoms with E-state index in [4.69, 9.17) is 4.74 Å². The second kappa shape index (κ2) is 8.89. The molecule has 2 N–H and O–H groups in total. The van der Waals surface area contributed by atoms with E-state index in [0.717, 1.165) is 34.9 Å². The van der Waals surface area contributed by atoms with Crippen LogP contribution in [0.4, 0.5) is 4.79 Å². The first-order chi connectivity index (χ1) is 13.1. The lowest BCUT2D eigenvalue weighted by Crippen LogP contribution is -2.43. The van der Waals surface area contributed by atoms with E-state index in [1.807, 2.05) is 30.3 Å². The lowest BCUT2D eigenvalue weighted by atomic mass is 9.96. The Morgan fingerprint density at radius 3 is 2.59 bits per heavy atom. The number of Topliss-reactive ketones (excluding diaryl/α,β-unsaturated/α-hetero) is 1. The maximum Gasteiger partial charge on any atom is 0.315 e. The Morgan fingerprint density at radius 2 is 1.89 bits per heavy atom. The third-order valence-electron chi connectivity index (χ3n) is 5.27. The summed E-state index contributed by atoms with van der Waals surface area (Å²) in [6, 6.07) is 9.86. The van der Waals surface area contributed by atoms with Crippen molar-refractivity contribution in [2.24, 2.45) is 0 Å². The average molecular weight is 368 g/mol. The molecule has 0 heterocycles. The summed E-state index contributed by atoms with van der Waals surface area (Å²) in [7, 11) is 1.64. The lowest BCUT2D eigenvalue weighted by molar-refractivity contribution is 0.101. The van der Waals surface area contributed by atoms with Gasteiger partial charge in [0.2, 0.25) is 0 Å². The van der Waals surface area contributed by atoms with Gasteiger partial charge in [-0.2, -0.15) is 0 Å². The zero-order valence-electron chi connectivity index (χ0n) is 16.1. The Hall–Kier alpha value is -2.56. The molecule has 1 aliphatic rings. The fraction of sp³-hybridized carbons (Fsp3) is 0.455. The van der Waals surface area contributed by atoms with E-state index in [-0.39, 0.29) is 11.8 Å². The van der Waals surface area contributed by atoms with Crippen molar-refractivity contribution in [1.29, 1.82) is 0 Å². The Morgan fingerprint density at radius 1 is 1.11 bits per heavy atom. The molecule has 2 amide bonds. The Kier molecular flexibility index (Phi) is 6.32. The number of ketones is 1. The first-order valence-electron chi connectivity index (χ1n) is 9.73. The highest BCUT2D eigenvalue weighted by atomic mass is 16.5. The molecule has 3 rings (SSSR count). The normalized spacial score (nSPS) is 14.7. The molecule has 144 valence electrons. The minimum atomic E-state index is -0.105. The van der Waals surface area contributed by atoms with E-state index in [2.05, 4.69) is 10.6 Å². The number of hydrogen-bond donors (Lipinski definition) is 2. The maximum absolute atomic E-state index is 12.1. The highest BCUT2D eigenvalue weighted by molar-refractivity contribution is 6.00. The molecular weight excluding hydrogens is 340 g/mol. The highest BCUT2D eigenvalue weighted by Gasteiger charge is 2.15. The molecule has 0 aromatic heterocycles. The summed E-state index contributed by atoms with van der Waals surface area (Å²) < 4.78 is 5.34. The van der Waals surface area contributed by atoms with Gasteiger partial charge >= 0.3 is 6.03 Å².